The smallest absolute Gasteiger partial charge is 0.122 e. The largest absolute Gasteiger partial charge is 0.497 e. The summed E-state index contributed by atoms with van der Waals surface area (Å²) in [5.41, 5.74) is 8.14. The van der Waals surface area contributed by atoms with Crippen molar-refractivity contribution < 1.29 is 9.47 Å². The highest BCUT2D eigenvalue weighted by atomic mass is 16.5. The Kier molecular flexibility index (Phi) is 5.38. The molecule has 2 rings (SSSR count). The van der Waals surface area contributed by atoms with Crippen LogP contribution in [-0.4, -0.2) is 24.2 Å². The van der Waals surface area contributed by atoms with Crippen LogP contribution in [0, 0.1) is 6.92 Å². The van der Waals surface area contributed by atoms with E-state index in [1.165, 1.54) is 25.7 Å². The molecule has 1 fully saturated rings. The summed E-state index contributed by atoms with van der Waals surface area (Å²) in [6.45, 7) is 3.07. The molecular formula is C16H26N2O2. The first-order valence-corrected chi connectivity index (χ1v) is 7.49. The van der Waals surface area contributed by atoms with Crippen molar-refractivity contribution in [3.8, 4) is 5.75 Å². The Morgan fingerprint density at radius 3 is 2.55 bits per heavy atom. The number of aryl methyl sites for hydroxylation is 1. The molecule has 0 bridgehead atoms. The second-order valence-electron chi connectivity index (χ2n) is 5.91. The van der Waals surface area contributed by atoms with Crippen molar-refractivity contribution in [2.75, 3.05) is 13.7 Å². The highest BCUT2D eigenvalue weighted by Crippen LogP contribution is 2.25. The Balaban J connectivity index is 1.87. The summed E-state index contributed by atoms with van der Waals surface area (Å²) in [4.78, 5) is 4.46. The molecule has 0 aromatic carbocycles. The summed E-state index contributed by atoms with van der Waals surface area (Å²) in [5.74, 6) is 0.827. The number of rotatable bonds is 5. The van der Waals surface area contributed by atoms with Gasteiger partial charge in [0, 0.05) is 23.4 Å². The Morgan fingerprint density at radius 2 is 1.90 bits per heavy atom. The van der Waals surface area contributed by atoms with Crippen LogP contribution in [0.1, 0.15) is 49.9 Å². The second kappa shape index (κ2) is 7.04. The lowest BCUT2D eigenvalue weighted by Crippen LogP contribution is -2.43. The minimum Gasteiger partial charge on any atom is -0.497 e. The van der Waals surface area contributed by atoms with E-state index in [4.69, 9.17) is 15.2 Å². The van der Waals surface area contributed by atoms with Crippen LogP contribution in [0.4, 0.5) is 0 Å². The molecule has 1 heterocycles. The Hall–Kier alpha value is -1.13. The van der Waals surface area contributed by atoms with Gasteiger partial charge in [-0.3, -0.25) is 4.98 Å². The number of aromatic nitrogens is 1. The summed E-state index contributed by atoms with van der Waals surface area (Å²) >= 11 is 0. The molecule has 0 amide bonds. The zero-order chi connectivity index (χ0) is 14.4. The molecule has 1 aromatic heterocycles. The topological polar surface area (TPSA) is 57.4 Å². The molecule has 0 saturated heterocycles. The van der Waals surface area contributed by atoms with Gasteiger partial charge in [-0.25, -0.2) is 0 Å². The van der Waals surface area contributed by atoms with Crippen molar-refractivity contribution in [1.29, 1.82) is 0 Å². The maximum absolute atomic E-state index is 6.44. The van der Waals surface area contributed by atoms with Crippen LogP contribution in [0.3, 0.4) is 0 Å². The number of methoxy groups -OCH3 is 1. The van der Waals surface area contributed by atoms with Gasteiger partial charge < -0.3 is 15.2 Å². The molecule has 1 saturated carbocycles. The lowest BCUT2D eigenvalue weighted by atomic mass is 9.93. The first-order valence-electron chi connectivity index (χ1n) is 7.49. The molecular weight excluding hydrogens is 252 g/mol. The first kappa shape index (κ1) is 15.3. The van der Waals surface area contributed by atoms with E-state index >= 15 is 0 Å². The fourth-order valence-electron chi connectivity index (χ4n) is 2.83. The van der Waals surface area contributed by atoms with E-state index < -0.39 is 0 Å². The van der Waals surface area contributed by atoms with Crippen LogP contribution in [0.5, 0.6) is 5.75 Å². The predicted octanol–water partition coefficient (Wildman–Crippen LogP) is 2.97. The van der Waals surface area contributed by atoms with Crippen LogP contribution >= 0.6 is 0 Å². The van der Waals surface area contributed by atoms with Crippen LogP contribution in [0.25, 0.3) is 0 Å². The minimum atomic E-state index is -0.148. The van der Waals surface area contributed by atoms with E-state index in [9.17, 15) is 0 Å². The molecule has 4 nitrogen and oxygen atoms in total. The number of hydrogen-bond donors (Lipinski definition) is 1. The van der Waals surface area contributed by atoms with Gasteiger partial charge in [0.15, 0.2) is 0 Å². The zero-order valence-corrected chi connectivity index (χ0v) is 12.7. The Morgan fingerprint density at radius 1 is 1.20 bits per heavy atom. The van der Waals surface area contributed by atoms with E-state index in [0.29, 0.717) is 13.2 Å². The first-order chi connectivity index (χ1) is 9.61. The van der Waals surface area contributed by atoms with E-state index in [1.54, 1.807) is 7.11 Å². The number of hydrogen-bond acceptors (Lipinski definition) is 4. The van der Waals surface area contributed by atoms with Crippen molar-refractivity contribution in [3.05, 3.63) is 23.5 Å². The van der Waals surface area contributed by atoms with Crippen LogP contribution < -0.4 is 10.5 Å². The quantitative estimate of drug-likeness (QED) is 0.841. The normalized spacial score (nSPS) is 18.6. The summed E-state index contributed by atoms with van der Waals surface area (Å²) < 4.78 is 11.1. The molecule has 0 atom stereocenters. The number of ether oxygens (including phenoxy) is 2. The van der Waals surface area contributed by atoms with Crippen molar-refractivity contribution in [2.45, 2.75) is 57.6 Å². The van der Waals surface area contributed by atoms with Gasteiger partial charge in [-0.1, -0.05) is 25.7 Å². The summed E-state index contributed by atoms with van der Waals surface area (Å²) in [6, 6.07) is 3.84. The summed E-state index contributed by atoms with van der Waals surface area (Å²) in [5, 5.41) is 0. The fraction of sp³-hybridized carbons (Fsp3) is 0.688. The Labute approximate surface area is 121 Å². The van der Waals surface area contributed by atoms with Crippen LogP contribution in [-0.2, 0) is 11.3 Å². The third-order valence-electron chi connectivity index (χ3n) is 3.95. The van der Waals surface area contributed by atoms with Crippen LogP contribution in [0.15, 0.2) is 12.1 Å². The van der Waals surface area contributed by atoms with Gasteiger partial charge in [0.25, 0.3) is 0 Å². The van der Waals surface area contributed by atoms with Crippen LogP contribution in [0.2, 0.25) is 0 Å². The van der Waals surface area contributed by atoms with Gasteiger partial charge in [0.2, 0.25) is 0 Å². The number of nitrogens with zero attached hydrogens (tertiary/aromatic N) is 1. The fourth-order valence-corrected chi connectivity index (χ4v) is 2.83. The lowest BCUT2D eigenvalue weighted by Gasteiger charge is -2.27. The zero-order valence-electron chi connectivity index (χ0n) is 12.7. The molecule has 2 N–H and O–H groups in total. The maximum atomic E-state index is 6.44. The highest BCUT2D eigenvalue weighted by Gasteiger charge is 2.26. The predicted molar refractivity (Wildman–Crippen MR) is 79.8 cm³/mol. The molecule has 112 valence electrons. The number of nitrogens with two attached hydrogens (primary N) is 1. The molecule has 0 aliphatic heterocycles. The van der Waals surface area contributed by atoms with Crippen molar-refractivity contribution >= 4 is 0 Å². The molecule has 1 aromatic rings. The highest BCUT2D eigenvalue weighted by molar-refractivity contribution is 5.26. The van der Waals surface area contributed by atoms with Gasteiger partial charge >= 0.3 is 0 Å². The SMILES string of the molecule is COc1cc(C)nc(COCC2(N)CCCCCC2)c1. The molecule has 0 spiro atoms. The minimum absolute atomic E-state index is 0.148. The monoisotopic (exact) mass is 278 g/mol. The van der Waals surface area contributed by atoms with E-state index in [1.807, 2.05) is 19.1 Å². The van der Waals surface area contributed by atoms with Gasteiger partial charge in [0.05, 0.1) is 26.0 Å². The molecule has 1 aliphatic rings. The van der Waals surface area contributed by atoms with Crippen molar-refractivity contribution in [2.24, 2.45) is 5.73 Å². The average molecular weight is 278 g/mol. The summed E-state index contributed by atoms with van der Waals surface area (Å²) in [6.07, 6.45) is 7.17. The maximum Gasteiger partial charge on any atom is 0.122 e. The van der Waals surface area contributed by atoms with Gasteiger partial charge in [0.1, 0.15) is 5.75 Å². The summed E-state index contributed by atoms with van der Waals surface area (Å²) in [7, 11) is 1.67. The van der Waals surface area contributed by atoms with Crippen molar-refractivity contribution in [1.82, 2.24) is 4.98 Å². The molecule has 0 radical (unpaired) electrons. The lowest BCUT2D eigenvalue weighted by molar-refractivity contribution is 0.0647. The average Bonchev–Trinajstić information content (AvgIpc) is 2.63. The standard InChI is InChI=1S/C16H26N2O2/c1-13-9-15(19-2)10-14(18-13)11-20-12-16(17)7-5-3-4-6-8-16/h9-10H,3-8,11-12,17H2,1-2H3. The third kappa shape index (κ3) is 4.46. The van der Waals surface area contributed by atoms with Crippen molar-refractivity contribution in [3.63, 3.8) is 0 Å². The molecule has 1 aliphatic carbocycles. The van der Waals surface area contributed by atoms with E-state index in [2.05, 4.69) is 4.98 Å². The van der Waals surface area contributed by atoms with E-state index in [-0.39, 0.29) is 5.54 Å². The number of pyridine rings is 1. The van der Waals surface area contributed by atoms with Gasteiger partial charge in [-0.05, 0) is 19.8 Å². The molecule has 20 heavy (non-hydrogen) atoms. The van der Waals surface area contributed by atoms with E-state index in [0.717, 1.165) is 30.0 Å². The van der Waals surface area contributed by atoms with Gasteiger partial charge in [-0.2, -0.15) is 0 Å². The Bertz CT molecular complexity index is 426. The van der Waals surface area contributed by atoms with Gasteiger partial charge in [-0.15, -0.1) is 0 Å². The molecule has 4 heteroatoms. The molecule has 0 unspecified atom stereocenters. The second-order valence-corrected chi connectivity index (χ2v) is 5.91. The third-order valence-corrected chi connectivity index (χ3v) is 3.95.